The Morgan fingerprint density at radius 3 is 2.48 bits per heavy atom. The van der Waals surface area contributed by atoms with Crippen LogP contribution < -0.4 is 10.1 Å². The molecule has 0 atom stereocenters. The number of methoxy groups -OCH3 is 1. The molecule has 1 aliphatic heterocycles. The largest absolute Gasteiger partial charge is 0.497 e. The second-order valence-electron chi connectivity index (χ2n) is 6.95. The van der Waals surface area contributed by atoms with E-state index in [1.807, 2.05) is 0 Å². The molecule has 31 heavy (non-hydrogen) atoms. The number of carbonyl (C=O) groups excluding carboxylic acids is 1. The van der Waals surface area contributed by atoms with Gasteiger partial charge in [0.25, 0.3) is 5.91 Å². The highest BCUT2D eigenvalue weighted by atomic mass is 32.2. The third-order valence-electron chi connectivity index (χ3n) is 4.79. The number of benzene rings is 2. The summed E-state index contributed by atoms with van der Waals surface area (Å²) in [5, 5.41) is 6.87. The molecule has 0 bridgehead atoms. The van der Waals surface area contributed by atoms with Crippen molar-refractivity contribution >= 4 is 21.6 Å². The first-order valence-corrected chi connectivity index (χ1v) is 10.8. The highest BCUT2D eigenvalue weighted by Gasteiger charge is 2.34. The fourth-order valence-electron chi connectivity index (χ4n) is 3.30. The Balaban J connectivity index is 1.74. The number of rotatable bonds is 4. The maximum Gasteiger partial charge on any atom is 0.416 e. The Morgan fingerprint density at radius 1 is 1.13 bits per heavy atom. The van der Waals surface area contributed by atoms with Crippen LogP contribution in [-0.4, -0.2) is 31.2 Å². The number of anilines is 1. The summed E-state index contributed by atoms with van der Waals surface area (Å²) in [5.41, 5.74) is -0.0539. The summed E-state index contributed by atoms with van der Waals surface area (Å²) in [6.07, 6.45) is -4.60. The lowest BCUT2D eigenvalue weighted by molar-refractivity contribution is -0.137. The predicted octanol–water partition coefficient (Wildman–Crippen LogP) is 3.58. The van der Waals surface area contributed by atoms with Gasteiger partial charge in [0.15, 0.2) is 9.84 Å². The molecule has 0 unspecified atom stereocenters. The van der Waals surface area contributed by atoms with Crippen molar-refractivity contribution in [2.75, 3.05) is 12.4 Å². The first kappa shape index (κ1) is 20.9. The molecule has 1 aliphatic rings. The molecule has 4 rings (SSSR count). The molecule has 0 spiro atoms. The number of aromatic nitrogens is 2. The first-order chi connectivity index (χ1) is 14.6. The Morgan fingerprint density at radius 2 is 1.84 bits per heavy atom. The average molecular weight is 451 g/mol. The molecule has 0 radical (unpaired) electrons. The summed E-state index contributed by atoms with van der Waals surface area (Å²) in [6.45, 7) is 0. The van der Waals surface area contributed by atoms with Crippen LogP contribution in [0.1, 0.15) is 27.2 Å². The van der Waals surface area contributed by atoms with Crippen molar-refractivity contribution in [3.8, 4) is 11.4 Å². The monoisotopic (exact) mass is 451 g/mol. The normalized spacial score (nSPS) is 14.8. The van der Waals surface area contributed by atoms with Gasteiger partial charge in [-0.3, -0.25) is 4.79 Å². The first-order valence-electron chi connectivity index (χ1n) is 9.01. The molecule has 2 aromatic carbocycles. The van der Waals surface area contributed by atoms with Gasteiger partial charge in [-0.05, 0) is 42.5 Å². The van der Waals surface area contributed by atoms with Crippen LogP contribution in [0.2, 0.25) is 0 Å². The van der Waals surface area contributed by atoms with E-state index >= 15 is 0 Å². The third-order valence-corrected chi connectivity index (χ3v) is 6.23. The molecule has 7 nitrogen and oxygen atoms in total. The highest BCUT2D eigenvalue weighted by molar-refractivity contribution is 7.90. The molecule has 0 aliphatic carbocycles. The number of nitrogens with zero attached hydrogens (tertiary/aromatic N) is 2. The van der Waals surface area contributed by atoms with E-state index in [9.17, 15) is 26.4 Å². The van der Waals surface area contributed by atoms with Gasteiger partial charge in [-0.15, -0.1) is 0 Å². The number of sulfone groups is 1. The fourth-order valence-corrected chi connectivity index (χ4v) is 4.79. The van der Waals surface area contributed by atoms with Crippen LogP contribution in [0.25, 0.3) is 5.69 Å². The van der Waals surface area contributed by atoms with Crippen LogP contribution in [-0.2, 0) is 27.5 Å². The van der Waals surface area contributed by atoms with E-state index in [0.717, 1.165) is 18.2 Å². The van der Waals surface area contributed by atoms with E-state index in [2.05, 4.69) is 10.4 Å². The van der Waals surface area contributed by atoms with E-state index in [0.29, 0.717) is 17.0 Å². The van der Waals surface area contributed by atoms with E-state index in [1.165, 1.54) is 17.9 Å². The van der Waals surface area contributed by atoms with Gasteiger partial charge >= 0.3 is 6.18 Å². The van der Waals surface area contributed by atoms with Gasteiger partial charge < -0.3 is 10.1 Å². The molecule has 0 saturated heterocycles. The topological polar surface area (TPSA) is 90.3 Å². The lowest BCUT2D eigenvalue weighted by Crippen LogP contribution is -2.18. The van der Waals surface area contributed by atoms with Crippen LogP contribution >= 0.6 is 0 Å². The molecule has 0 fully saturated rings. The summed E-state index contributed by atoms with van der Waals surface area (Å²) in [5.74, 6) is -0.730. The third kappa shape index (κ3) is 4.13. The summed E-state index contributed by atoms with van der Waals surface area (Å²) in [7, 11) is -1.91. The second-order valence-corrected chi connectivity index (χ2v) is 9.01. The Labute approximate surface area is 175 Å². The van der Waals surface area contributed by atoms with Crippen molar-refractivity contribution in [1.29, 1.82) is 0 Å². The SMILES string of the molecule is COc1ccc(-n2nc3c(c2NC(=O)c2cccc(C(F)(F)F)c2)CS(=O)(=O)C3)cc1. The number of carbonyl (C=O) groups is 1. The smallest absolute Gasteiger partial charge is 0.416 e. The van der Waals surface area contributed by atoms with Crippen LogP contribution in [0.3, 0.4) is 0 Å². The van der Waals surface area contributed by atoms with Gasteiger partial charge in [-0.25, -0.2) is 13.1 Å². The number of nitrogens with one attached hydrogen (secondary N) is 1. The minimum Gasteiger partial charge on any atom is -0.497 e. The molecule has 162 valence electrons. The molecule has 11 heteroatoms. The van der Waals surface area contributed by atoms with Crippen LogP contribution in [0.15, 0.2) is 48.5 Å². The number of fused-ring (bicyclic) bond motifs is 1. The van der Waals surface area contributed by atoms with Crippen molar-refractivity contribution in [1.82, 2.24) is 9.78 Å². The summed E-state index contributed by atoms with van der Waals surface area (Å²) >= 11 is 0. The van der Waals surface area contributed by atoms with E-state index in [4.69, 9.17) is 4.74 Å². The van der Waals surface area contributed by atoms with Crippen molar-refractivity contribution in [3.05, 3.63) is 70.9 Å². The lowest BCUT2D eigenvalue weighted by Gasteiger charge is -2.13. The zero-order chi connectivity index (χ0) is 22.4. The second kappa shape index (κ2) is 7.41. The van der Waals surface area contributed by atoms with Gasteiger partial charge in [0.2, 0.25) is 0 Å². The van der Waals surface area contributed by atoms with Gasteiger partial charge in [-0.2, -0.15) is 18.3 Å². The predicted molar refractivity (Wildman–Crippen MR) is 106 cm³/mol. The van der Waals surface area contributed by atoms with E-state index in [-0.39, 0.29) is 28.6 Å². The number of amides is 1. The van der Waals surface area contributed by atoms with Crippen LogP contribution in [0.5, 0.6) is 5.75 Å². The van der Waals surface area contributed by atoms with Crippen LogP contribution in [0, 0.1) is 0 Å². The van der Waals surface area contributed by atoms with E-state index < -0.39 is 27.5 Å². The number of hydrogen-bond acceptors (Lipinski definition) is 5. The molecule has 0 saturated carbocycles. The number of halogens is 3. The lowest BCUT2D eigenvalue weighted by atomic mass is 10.1. The molecule has 3 aromatic rings. The number of hydrogen-bond donors (Lipinski definition) is 1. The van der Waals surface area contributed by atoms with Gasteiger partial charge in [0.05, 0.1) is 35.6 Å². The van der Waals surface area contributed by atoms with Crippen LogP contribution in [0.4, 0.5) is 19.0 Å². The van der Waals surface area contributed by atoms with Crippen molar-refractivity contribution in [3.63, 3.8) is 0 Å². The van der Waals surface area contributed by atoms with Gasteiger partial charge in [0, 0.05) is 11.1 Å². The summed E-state index contributed by atoms with van der Waals surface area (Å²) in [4.78, 5) is 12.7. The zero-order valence-corrected chi connectivity index (χ0v) is 16.9. The molecule has 1 N–H and O–H groups in total. The number of ether oxygens (including phenoxy) is 1. The quantitative estimate of drug-likeness (QED) is 0.655. The molecule has 1 aromatic heterocycles. The maximum absolute atomic E-state index is 13.0. The molecule has 2 heterocycles. The summed E-state index contributed by atoms with van der Waals surface area (Å²) < 4.78 is 69.6. The minimum absolute atomic E-state index is 0.101. The van der Waals surface area contributed by atoms with Gasteiger partial charge in [0.1, 0.15) is 11.6 Å². The Bertz CT molecular complexity index is 1270. The molecular weight excluding hydrogens is 435 g/mol. The Kier molecular flexibility index (Phi) is 5.00. The number of alkyl halides is 3. The Hall–Kier alpha value is -3.34. The van der Waals surface area contributed by atoms with Crippen molar-refractivity contribution in [2.24, 2.45) is 0 Å². The van der Waals surface area contributed by atoms with Crippen molar-refractivity contribution < 1.29 is 31.1 Å². The highest BCUT2D eigenvalue weighted by Crippen LogP contribution is 2.34. The zero-order valence-electron chi connectivity index (χ0n) is 16.1. The maximum atomic E-state index is 13.0. The van der Waals surface area contributed by atoms with Crippen molar-refractivity contribution in [2.45, 2.75) is 17.7 Å². The minimum atomic E-state index is -4.60. The average Bonchev–Trinajstić information content (AvgIpc) is 3.20. The molecule has 1 amide bonds. The van der Waals surface area contributed by atoms with Gasteiger partial charge in [-0.1, -0.05) is 6.07 Å². The standard InChI is InChI=1S/C20H16F3N3O4S/c1-30-15-7-5-14(6-8-15)26-18(16-10-31(28,29)11-17(16)25-26)24-19(27)12-3-2-4-13(9-12)20(21,22)23/h2-9H,10-11H2,1H3,(H,24,27). The van der Waals surface area contributed by atoms with E-state index in [1.54, 1.807) is 24.3 Å². The molecular formula is C20H16F3N3O4S. The fraction of sp³-hybridized carbons (Fsp3) is 0.200. The summed E-state index contributed by atoms with van der Waals surface area (Å²) in [6, 6.07) is 10.6.